The lowest BCUT2D eigenvalue weighted by atomic mass is 9.73. The number of ketones is 1. The number of rotatable bonds is 3. The number of aromatic nitrogens is 1. The van der Waals surface area contributed by atoms with Crippen molar-refractivity contribution in [3.05, 3.63) is 21.7 Å². The summed E-state index contributed by atoms with van der Waals surface area (Å²) in [6.45, 7) is 12.8. The van der Waals surface area contributed by atoms with E-state index in [0.717, 1.165) is 35.5 Å². The molecule has 0 aliphatic carbocycles. The fraction of sp³-hybridized carbons (Fsp3) is 0.750. The molecule has 0 radical (unpaired) electrons. The Kier molecular flexibility index (Phi) is 9.39. The van der Waals surface area contributed by atoms with Crippen LogP contribution in [-0.4, -0.2) is 70.1 Å². The number of fused-ring (bicyclic) bond motifs is 1. The van der Waals surface area contributed by atoms with E-state index < -0.39 is 35.6 Å². The van der Waals surface area contributed by atoms with E-state index in [1.54, 1.807) is 32.1 Å². The van der Waals surface area contributed by atoms with Gasteiger partial charge in [-0.05, 0) is 58.2 Å². The molecule has 1 aromatic rings. The van der Waals surface area contributed by atoms with Gasteiger partial charge in [-0.15, -0.1) is 11.3 Å². The zero-order valence-corrected chi connectivity index (χ0v) is 24.2. The molecule has 2 aliphatic heterocycles. The highest BCUT2D eigenvalue weighted by molar-refractivity contribution is 7.09. The highest BCUT2D eigenvalue weighted by Crippen LogP contribution is 2.45. The highest BCUT2D eigenvalue weighted by Gasteiger charge is 2.58. The first-order valence-corrected chi connectivity index (χ1v) is 14.1. The molecule has 2 fully saturated rings. The van der Waals surface area contributed by atoms with Crippen molar-refractivity contribution in [2.45, 2.75) is 110 Å². The number of aliphatic hydroxyl groups excluding tert-OH is 2. The maximum Gasteiger partial charge on any atom is 0.309 e. The molecule has 0 aromatic carbocycles. The minimum Gasteiger partial charge on any atom is -0.456 e. The van der Waals surface area contributed by atoms with Crippen LogP contribution in [0.4, 0.5) is 0 Å². The number of aryl methyl sites for hydroxylation is 1. The largest absolute Gasteiger partial charge is 0.456 e. The molecule has 3 rings (SSSR count). The maximum absolute atomic E-state index is 13.3. The van der Waals surface area contributed by atoms with E-state index in [2.05, 4.69) is 17.2 Å². The van der Waals surface area contributed by atoms with Gasteiger partial charge in [-0.3, -0.25) is 9.59 Å². The number of nitrogens with one attached hydrogen (secondary N) is 1. The Labute approximate surface area is 224 Å². The Morgan fingerprint density at radius 3 is 2.51 bits per heavy atom. The minimum absolute atomic E-state index is 0.0924. The van der Waals surface area contributed by atoms with Crippen LogP contribution in [0.2, 0.25) is 0 Å². The number of cyclic esters (lactones) is 1. The van der Waals surface area contributed by atoms with Gasteiger partial charge in [0.05, 0.1) is 46.4 Å². The molecule has 0 bridgehead atoms. The lowest BCUT2D eigenvalue weighted by Gasteiger charge is -2.35. The molecule has 208 valence electrons. The monoisotopic (exact) mass is 536 g/mol. The third-order valence-corrected chi connectivity index (χ3v) is 9.11. The maximum atomic E-state index is 13.3. The van der Waals surface area contributed by atoms with Crippen LogP contribution in [0.25, 0.3) is 6.08 Å². The van der Waals surface area contributed by atoms with Crippen LogP contribution >= 0.6 is 11.3 Å². The van der Waals surface area contributed by atoms with E-state index in [9.17, 15) is 19.8 Å². The summed E-state index contributed by atoms with van der Waals surface area (Å²) in [6, 6.07) is -0.312. The van der Waals surface area contributed by atoms with E-state index in [4.69, 9.17) is 9.47 Å². The van der Waals surface area contributed by atoms with Crippen molar-refractivity contribution in [2.75, 3.05) is 7.05 Å². The number of Topliss-reactive ketones (excluding diaryl/α,β-unsaturated/α-hetero) is 1. The van der Waals surface area contributed by atoms with Crippen LogP contribution in [0.1, 0.15) is 77.9 Å². The van der Waals surface area contributed by atoms with Crippen LogP contribution in [0.5, 0.6) is 0 Å². The predicted molar refractivity (Wildman–Crippen MR) is 144 cm³/mol. The smallest absolute Gasteiger partial charge is 0.309 e. The molecule has 0 amide bonds. The summed E-state index contributed by atoms with van der Waals surface area (Å²) >= 11 is 1.55. The number of nitrogens with zero attached hydrogens (tertiary/aromatic N) is 1. The van der Waals surface area contributed by atoms with Crippen LogP contribution in [0.15, 0.2) is 11.0 Å². The van der Waals surface area contributed by atoms with E-state index >= 15 is 0 Å². The normalized spacial score (nSPS) is 38.1. The summed E-state index contributed by atoms with van der Waals surface area (Å²) in [6.07, 6.45) is 1.02. The third-order valence-electron chi connectivity index (χ3n) is 8.32. The number of hydrogen-bond donors (Lipinski definition) is 3. The molecule has 2 saturated heterocycles. The van der Waals surface area contributed by atoms with Gasteiger partial charge in [0.2, 0.25) is 0 Å². The average Bonchev–Trinajstić information content (AvgIpc) is 3.31. The molecule has 3 heterocycles. The summed E-state index contributed by atoms with van der Waals surface area (Å²) in [5, 5.41) is 28.1. The summed E-state index contributed by atoms with van der Waals surface area (Å²) in [4.78, 5) is 31.0. The van der Waals surface area contributed by atoms with Crippen molar-refractivity contribution in [3.8, 4) is 0 Å². The molecule has 3 N–H and O–H groups in total. The number of epoxide rings is 1. The molecule has 2 aliphatic rings. The van der Waals surface area contributed by atoms with Crippen molar-refractivity contribution in [1.82, 2.24) is 10.3 Å². The summed E-state index contributed by atoms with van der Waals surface area (Å²) in [5.74, 6) is -1.63. The summed E-state index contributed by atoms with van der Waals surface area (Å²) in [7, 11) is 1.82. The molecular weight excluding hydrogens is 492 g/mol. The van der Waals surface area contributed by atoms with Gasteiger partial charge < -0.3 is 25.0 Å². The first-order chi connectivity index (χ1) is 17.2. The van der Waals surface area contributed by atoms with Gasteiger partial charge in [-0.2, -0.15) is 0 Å². The van der Waals surface area contributed by atoms with Gasteiger partial charge in [0.15, 0.2) is 0 Å². The van der Waals surface area contributed by atoms with Gasteiger partial charge in [0, 0.05) is 11.3 Å². The number of likely N-dealkylation sites (N-methyl/N-ethyl adjacent to an activating group) is 1. The number of hydrogen-bond acceptors (Lipinski definition) is 9. The second-order valence-electron chi connectivity index (χ2n) is 11.7. The number of aliphatic hydroxyl groups is 2. The Balaban J connectivity index is 1.95. The van der Waals surface area contributed by atoms with Crippen molar-refractivity contribution in [3.63, 3.8) is 0 Å². The SMILES string of the molecule is CNC1[C@@H](/C(C)=C/c2csc(C)n2)OC(=O)C[C@H](O)C(C)(C)C(=O)[C@H](C)[C@@H](O)[C@@H](C)CCC[C@@]2(C)O[C@@H]12. The van der Waals surface area contributed by atoms with Gasteiger partial charge >= 0.3 is 5.97 Å². The molecule has 9 heteroatoms. The first kappa shape index (κ1) is 29.9. The molecule has 8 nitrogen and oxygen atoms in total. The van der Waals surface area contributed by atoms with Crippen molar-refractivity contribution >= 4 is 29.2 Å². The number of esters is 1. The van der Waals surface area contributed by atoms with E-state index in [1.165, 1.54) is 0 Å². The number of thiazole rings is 1. The average molecular weight is 537 g/mol. The van der Waals surface area contributed by atoms with Crippen LogP contribution in [0, 0.1) is 24.2 Å². The Morgan fingerprint density at radius 2 is 1.92 bits per heavy atom. The van der Waals surface area contributed by atoms with E-state index in [0.29, 0.717) is 0 Å². The number of carbonyl (C=O) groups is 2. The summed E-state index contributed by atoms with van der Waals surface area (Å²) < 4.78 is 12.2. The zero-order chi connectivity index (χ0) is 27.7. The van der Waals surface area contributed by atoms with E-state index in [1.807, 2.05) is 39.3 Å². The number of ether oxygens (including phenoxy) is 2. The fourth-order valence-electron chi connectivity index (χ4n) is 5.53. The molecule has 1 unspecified atom stereocenters. The Morgan fingerprint density at radius 1 is 1.24 bits per heavy atom. The molecule has 0 saturated carbocycles. The second kappa shape index (κ2) is 11.6. The lowest BCUT2D eigenvalue weighted by molar-refractivity contribution is -0.155. The lowest BCUT2D eigenvalue weighted by Crippen LogP contribution is -2.48. The standard InChI is InChI=1S/C28H44N2O6S/c1-15-10-9-11-28(7)26(36-28)22(29-8)24(16(2)12-19-14-37-18(4)30-19)35-21(32)13-20(31)27(5,6)25(34)17(3)23(15)33/h12,14-15,17,20,22-24,26,29,31,33H,9-11,13H2,1-8H3/b16-12+/t15-,17+,20-,22?,23-,24+,26-,28+/m0/s1. The van der Waals surface area contributed by atoms with Gasteiger partial charge in [0.1, 0.15) is 18.0 Å². The third kappa shape index (κ3) is 6.68. The van der Waals surface area contributed by atoms with Crippen molar-refractivity contribution < 1.29 is 29.3 Å². The highest BCUT2D eigenvalue weighted by atomic mass is 32.1. The topological polar surface area (TPSA) is 121 Å². The van der Waals surface area contributed by atoms with Gasteiger partial charge in [-0.1, -0.05) is 34.1 Å². The molecule has 8 atom stereocenters. The molecular formula is C28H44N2O6S. The van der Waals surface area contributed by atoms with Crippen molar-refractivity contribution in [2.24, 2.45) is 17.3 Å². The zero-order valence-electron chi connectivity index (χ0n) is 23.4. The number of carbonyl (C=O) groups excluding carboxylic acids is 2. The van der Waals surface area contributed by atoms with E-state index in [-0.39, 0.29) is 35.9 Å². The van der Waals surface area contributed by atoms with Gasteiger partial charge in [-0.25, -0.2) is 4.98 Å². The second-order valence-corrected chi connectivity index (χ2v) is 12.8. The minimum atomic E-state index is -1.26. The quantitative estimate of drug-likeness (QED) is 0.395. The molecule has 1 aromatic heterocycles. The Hall–Kier alpha value is -1.65. The van der Waals surface area contributed by atoms with Crippen molar-refractivity contribution in [1.29, 1.82) is 0 Å². The predicted octanol–water partition coefficient (Wildman–Crippen LogP) is 3.68. The van der Waals surface area contributed by atoms with Crippen LogP contribution in [-0.2, 0) is 19.1 Å². The first-order valence-electron chi connectivity index (χ1n) is 13.3. The molecule has 0 spiro atoms. The fourth-order valence-corrected chi connectivity index (χ4v) is 6.10. The molecule has 37 heavy (non-hydrogen) atoms. The Bertz CT molecular complexity index is 1010. The van der Waals surface area contributed by atoms with Gasteiger partial charge in [0.25, 0.3) is 0 Å². The van der Waals surface area contributed by atoms with Crippen LogP contribution in [0.3, 0.4) is 0 Å². The van der Waals surface area contributed by atoms with Crippen LogP contribution < -0.4 is 5.32 Å². The summed E-state index contributed by atoms with van der Waals surface area (Å²) in [5.41, 5.74) is -0.00603.